The number of likely N-dealkylation sites (tertiary alicyclic amines) is 1. The fourth-order valence-corrected chi connectivity index (χ4v) is 5.45. The molecule has 33 heavy (non-hydrogen) atoms. The summed E-state index contributed by atoms with van der Waals surface area (Å²) in [5.41, 5.74) is 7.82. The van der Waals surface area contributed by atoms with E-state index in [-0.39, 0.29) is 25.0 Å². The number of nitrogens with zero attached hydrogens (tertiary/aromatic N) is 1. The number of carbonyl (C=O) groups excluding carboxylic acids is 1. The Bertz CT molecular complexity index is 1170. The SMILES string of the molecule is Cc1cc(C)cc([C@@H]2CN(C(=O)OCC3c4ccccc4-c4ccccc43)C[C@H]2C(=O)O)c1. The van der Waals surface area contributed by atoms with E-state index >= 15 is 0 Å². The van der Waals surface area contributed by atoms with Crippen molar-refractivity contribution < 1.29 is 19.4 Å². The molecule has 0 aromatic heterocycles. The van der Waals surface area contributed by atoms with Gasteiger partial charge in [-0.3, -0.25) is 4.79 Å². The number of benzene rings is 3. The minimum absolute atomic E-state index is 0.0190. The summed E-state index contributed by atoms with van der Waals surface area (Å²) in [7, 11) is 0. The van der Waals surface area contributed by atoms with E-state index in [1.54, 1.807) is 4.90 Å². The normalized spacial score (nSPS) is 19.3. The highest BCUT2D eigenvalue weighted by molar-refractivity contribution is 5.79. The molecule has 0 unspecified atom stereocenters. The van der Waals surface area contributed by atoms with Gasteiger partial charge in [0.1, 0.15) is 6.61 Å². The summed E-state index contributed by atoms with van der Waals surface area (Å²) < 4.78 is 5.78. The van der Waals surface area contributed by atoms with Crippen LogP contribution in [0.5, 0.6) is 0 Å². The number of carboxylic acids is 1. The standard InChI is InChI=1S/C28H27NO4/c1-17-11-18(2)13-19(12-17)24-14-29(15-25(24)27(30)31)28(32)33-16-26-22-9-5-3-7-20(22)21-8-4-6-10-23(21)26/h3-13,24-26H,14-16H2,1-2H3,(H,30,31)/t24-,25+/m0/s1. The zero-order valence-corrected chi connectivity index (χ0v) is 18.8. The van der Waals surface area contributed by atoms with E-state index in [9.17, 15) is 14.7 Å². The van der Waals surface area contributed by atoms with Crippen LogP contribution in [0.25, 0.3) is 11.1 Å². The number of amides is 1. The first kappa shape index (κ1) is 21.3. The highest BCUT2D eigenvalue weighted by Crippen LogP contribution is 2.44. The second-order valence-corrected chi connectivity index (χ2v) is 9.18. The van der Waals surface area contributed by atoms with Crippen LogP contribution in [-0.4, -0.2) is 41.8 Å². The third-order valence-corrected chi connectivity index (χ3v) is 6.90. The number of rotatable bonds is 4. The van der Waals surface area contributed by atoms with E-state index in [4.69, 9.17) is 4.74 Å². The van der Waals surface area contributed by atoms with Crippen LogP contribution in [0.4, 0.5) is 4.79 Å². The average molecular weight is 442 g/mol. The topological polar surface area (TPSA) is 66.8 Å². The van der Waals surface area contributed by atoms with Crippen molar-refractivity contribution in [3.05, 3.63) is 94.5 Å². The Balaban J connectivity index is 1.33. The number of fused-ring (bicyclic) bond motifs is 3. The molecule has 1 N–H and O–H groups in total. The fourth-order valence-electron chi connectivity index (χ4n) is 5.45. The van der Waals surface area contributed by atoms with Crippen molar-refractivity contribution in [3.8, 4) is 11.1 Å². The van der Waals surface area contributed by atoms with Crippen LogP contribution in [0.1, 0.15) is 39.7 Å². The first-order valence-corrected chi connectivity index (χ1v) is 11.3. The molecule has 5 heteroatoms. The third-order valence-electron chi connectivity index (χ3n) is 6.90. The molecule has 5 rings (SSSR count). The second kappa shape index (κ2) is 8.39. The molecule has 3 aromatic rings. The summed E-state index contributed by atoms with van der Waals surface area (Å²) >= 11 is 0. The van der Waals surface area contributed by atoms with Gasteiger partial charge in [-0.2, -0.15) is 0 Å². The van der Waals surface area contributed by atoms with Crippen molar-refractivity contribution in [2.45, 2.75) is 25.7 Å². The van der Waals surface area contributed by atoms with Crippen LogP contribution >= 0.6 is 0 Å². The van der Waals surface area contributed by atoms with Crippen molar-refractivity contribution in [3.63, 3.8) is 0 Å². The Hall–Kier alpha value is -3.60. The van der Waals surface area contributed by atoms with Crippen molar-refractivity contribution in [2.75, 3.05) is 19.7 Å². The maximum atomic E-state index is 13.0. The molecule has 0 saturated carbocycles. The van der Waals surface area contributed by atoms with Crippen molar-refractivity contribution in [1.29, 1.82) is 0 Å². The number of aliphatic carboxylic acids is 1. The number of hydrogen-bond donors (Lipinski definition) is 1. The molecular formula is C28H27NO4. The first-order chi connectivity index (χ1) is 15.9. The molecule has 1 heterocycles. The molecule has 0 spiro atoms. The highest BCUT2D eigenvalue weighted by Gasteiger charge is 2.41. The van der Waals surface area contributed by atoms with Crippen LogP contribution in [0.2, 0.25) is 0 Å². The molecule has 1 fully saturated rings. The van der Waals surface area contributed by atoms with Crippen molar-refractivity contribution in [2.24, 2.45) is 5.92 Å². The van der Waals surface area contributed by atoms with Gasteiger partial charge in [0, 0.05) is 24.9 Å². The smallest absolute Gasteiger partial charge is 0.409 e. The maximum Gasteiger partial charge on any atom is 0.409 e. The third kappa shape index (κ3) is 3.88. The summed E-state index contributed by atoms with van der Waals surface area (Å²) in [6.07, 6.45) is -0.449. The van der Waals surface area contributed by atoms with Gasteiger partial charge in [-0.05, 0) is 41.7 Å². The van der Waals surface area contributed by atoms with E-state index in [1.807, 2.05) is 50.2 Å². The van der Waals surface area contributed by atoms with Gasteiger partial charge in [0.25, 0.3) is 0 Å². The van der Waals surface area contributed by atoms with E-state index in [0.717, 1.165) is 27.8 Å². The summed E-state index contributed by atoms with van der Waals surface area (Å²) in [5.74, 6) is -1.80. The largest absolute Gasteiger partial charge is 0.481 e. The fraction of sp³-hybridized carbons (Fsp3) is 0.286. The number of aryl methyl sites for hydroxylation is 2. The van der Waals surface area contributed by atoms with Crippen LogP contribution in [0, 0.1) is 19.8 Å². The number of ether oxygens (including phenoxy) is 1. The number of carboxylic acid groups (broad SMARTS) is 1. The van der Waals surface area contributed by atoms with Crippen molar-refractivity contribution >= 4 is 12.1 Å². The van der Waals surface area contributed by atoms with Gasteiger partial charge >= 0.3 is 12.1 Å². The Morgan fingerprint density at radius 2 is 1.48 bits per heavy atom. The zero-order chi connectivity index (χ0) is 23.1. The lowest BCUT2D eigenvalue weighted by Crippen LogP contribution is -2.31. The van der Waals surface area contributed by atoms with E-state index in [0.29, 0.717) is 6.54 Å². The van der Waals surface area contributed by atoms with Gasteiger partial charge in [-0.25, -0.2) is 4.79 Å². The minimum atomic E-state index is -0.881. The zero-order valence-electron chi connectivity index (χ0n) is 18.8. The average Bonchev–Trinajstić information content (AvgIpc) is 3.38. The predicted octanol–water partition coefficient (Wildman–Crippen LogP) is 5.35. The van der Waals surface area contributed by atoms with Gasteiger partial charge in [0.15, 0.2) is 0 Å². The Labute approximate surface area is 193 Å². The molecule has 3 aromatic carbocycles. The van der Waals surface area contributed by atoms with Gasteiger partial charge in [-0.1, -0.05) is 77.9 Å². The van der Waals surface area contributed by atoms with Crippen molar-refractivity contribution in [1.82, 2.24) is 4.90 Å². The lowest BCUT2D eigenvalue weighted by molar-refractivity contribution is -0.141. The van der Waals surface area contributed by atoms with Crippen LogP contribution < -0.4 is 0 Å². The monoisotopic (exact) mass is 441 g/mol. The first-order valence-electron chi connectivity index (χ1n) is 11.3. The van der Waals surface area contributed by atoms with Crippen LogP contribution in [0.3, 0.4) is 0 Å². The molecule has 1 amide bonds. The maximum absolute atomic E-state index is 13.0. The minimum Gasteiger partial charge on any atom is -0.481 e. The molecule has 1 aliphatic carbocycles. The lowest BCUT2D eigenvalue weighted by atomic mass is 9.87. The molecule has 2 atom stereocenters. The van der Waals surface area contributed by atoms with Crippen LogP contribution in [0.15, 0.2) is 66.7 Å². The van der Waals surface area contributed by atoms with Gasteiger partial charge < -0.3 is 14.7 Å². The molecule has 1 aliphatic heterocycles. The second-order valence-electron chi connectivity index (χ2n) is 9.18. The predicted molar refractivity (Wildman–Crippen MR) is 126 cm³/mol. The van der Waals surface area contributed by atoms with Gasteiger partial charge in [0.05, 0.1) is 5.92 Å². The Morgan fingerprint density at radius 1 is 0.909 bits per heavy atom. The molecule has 5 nitrogen and oxygen atoms in total. The van der Waals surface area contributed by atoms with E-state index in [1.165, 1.54) is 11.1 Å². The summed E-state index contributed by atoms with van der Waals surface area (Å²) in [6.45, 7) is 4.74. The molecule has 0 bridgehead atoms. The van der Waals surface area contributed by atoms with E-state index in [2.05, 4.69) is 30.3 Å². The number of hydrogen-bond acceptors (Lipinski definition) is 3. The molecular weight excluding hydrogens is 414 g/mol. The molecule has 1 saturated heterocycles. The van der Waals surface area contributed by atoms with E-state index < -0.39 is 18.0 Å². The molecule has 2 aliphatic rings. The van der Waals surface area contributed by atoms with Gasteiger partial charge in [-0.15, -0.1) is 0 Å². The summed E-state index contributed by atoms with van der Waals surface area (Å²) in [4.78, 5) is 26.6. The Morgan fingerprint density at radius 3 is 2.06 bits per heavy atom. The summed E-state index contributed by atoms with van der Waals surface area (Å²) in [5, 5.41) is 9.83. The summed E-state index contributed by atoms with van der Waals surface area (Å²) in [6, 6.07) is 22.5. The molecule has 168 valence electrons. The Kier molecular flexibility index (Phi) is 5.41. The highest BCUT2D eigenvalue weighted by atomic mass is 16.6. The van der Waals surface area contributed by atoms with Crippen LogP contribution in [-0.2, 0) is 9.53 Å². The van der Waals surface area contributed by atoms with Gasteiger partial charge in [0.2, 0.25) is 0 Å². The lowest BCUT2D eigenvalue weighted by Gasteiger charge is -2.19. The molecule has 0 radical (unpaired) electrons. The quantitative estimate of drug-likeness (QED) is 0.592. The number of carbonyl (C=O) groups is 2.